The third-order valence-corrected chi connectivity index (χ3v) is 6.55. The first kappa shape index (κ1) is 22.5. The van der Waals surface area contributed by atoms with Crippen LogP contribution in [0.2, 0.25) is 0 Å². The van der Waals surface area contributed by atoms with Crippen LogP contribution in [0.25, 0.3) is 10.8 Å². The standard InChI is InChI=1S/C26H24N2O4S/c1-19(29)28-25-14-6-13-24-23(25)12-7-15-26(24)33(30,31)27-17-21-10-5-11-22(16-21)32-18-20-8-3-2-4-9-20/h2-16,27H,17-18H2,1H3,(H,28,29). The topological polar surface area (TPSA) is 84.5 Å². The summed E-state index contributed by atoms with van der Waals surface area (Å²) in [6.07, 6.45) is 0. The fourth-order valence-electron chi connectivity index (χ4n) is 3.56. The molecule has 4 aromatic rings. The highest BCUT2D eigenvalue weighted by Crippen LogP contribution is 2.29. The van der Waals surface area contributed by atoms with Gasteiger partial charge in [-0.2, -0.15) is 0 Å². The van der Waals surface area contributed by atoms with Crippen molar-refractivity contribution in [2.45, 2.75) is 25.0 Å². The molecule has 0 aliphatic rings. The van der Waals surface area contributed by atoms with E-state index >= 15 is 0 Å². The number of benzene rings is 4. The summed E-state index contributed by atoms with van der Waals surface area (Å²) in [5.41, 5.74) is 2.40. The van der Waals surface area contributed by atoms with Gasteiger partial charge in [-0.05, 0) is 35.4 Å². The normalized spacial score (nSPS) is 11.3. The highest BCUT2D eigenvalue weighted by molar-refractivity contribution is 7.89. The average molecular weight is 461 g/mol. The molecular formula is C26H24N2O4S. The molecule has 0 saturated heterocycles. The van der Waals surface area contributed by atoms with Crippen molar-refractivity contribution in [2.24, 2.45) is 0 Å². The molecule has 4 rings (SSSR count). The van der Waals surface area contributed by atoms with Gasteiger partial charge in [0.1, 0.15) is 12.4 Å². The lowest BCUT2D eigenvalue weighted by atomic mass is 10.1. The predicted molar refractivity (Wildman–Crippen MR) is 129 cm³/mol. The number of anilines is 1. The minimum Gasteiger partial charge on any atom is -0.489 e. The molecule has 7 heteroatoms. The quantitative estimate of drug-likeness (QED) is 0.393. The first-order valence-corrected chi connectivity index (χ1v) is 12.0. The number of nitrogens with one attached hydrogen (secondary N) is 2. The summed E-state index contributed by atoms with van der Waals surface area (Å²) in [7, 11) is -3.80. The largest absolute Gasteiger partial charge is 0.489 e. The van der Waals surface area contributed by atoms with Gasteiger partial charge in [0.2, 0.25) is 15.9 Å². The van der Waals surface area contributed by atoms with Gasteiger partial charge in [-0.15, -0.1) is 0 Å². The molecule has 33 heavy (non-hydrogen) atoms. The molecule has 2 N–H and O–H groups in total. The molecule has 0 fully saturated rings. The third kappa shape index (κ3) is 5.58. The fraction of sp³-hybridized carbons (Fsp3) is 0.115. The third-order valence-electron chi connectivity index (χ3n) is 5.10. The van der Waals surface area contributed by atoms with E-state index in [9.17, 15) is 13.2 Å². The molecule has 0 aromatic heterocycles. The van der Waals surface area contributed by atoms with Gasteiger partial charge < -0.3 is 10.1 Å². The van der Waals surface area contributed by atoms with Gasteiger partial charge in [0, 0.05) is 29.9 Å². The van der Waals surface area contributed by atoms with Gasteiger partial charge in [-0.25, -0.2) is 13.1 Å². The van der Waals surface area contributed by atoms with Crippen LogP contribution in [0.3, 0.4) is 0 Å². The molecule has 0 heterocycles. The zero-order valence-corrected chi connectivity index (χ0v) is 18.9. The first-order chi connectivity index (χ1) is 15.9. The predicted octanol–water partition coefficient (Wildman–Crippen LogP) is 4.86. The molecular weight excluding hydrogens is 436 g/mol. The molecule has 0 spiro atoms. The van der Waals surface area contributed by atoms with Crippen LogP contribution in [-0.2, 0) is 28.0 Å². The van der Waals surface area contributed by atoms with Gasteiger partial charge in [-0.3, -0.25) is 4.79 Å². The Morgan fingerprint density at radius 3 is 2.30 bits per heavy atom. The van der Waals surface area contributed by atoms with E-state index in [-0.39, 0.29) is 17.3 Å². The Balaban J connectivity index is 1.51. The molecule has 0 bridgehead atoms. The van der Waals surface area contributed by atoms with Crippen molar-refractivity contribution in [3.05, 3.63) is 102 Å². The number of carbonyl (C=O) groups excluding carboxylic acids is 1. The van der Waals surface area contributed by atoms with Gasteiger partial charge in [0.05, 0.1) is 4.90 Å². The number of sulfonamides is 1. The zero-order chi connectivity index (χ0) is 23.3. The van der Waals surface area contributed by atoms with Crippen LogP contribution in [0, 0.1) is 0 Å². The summed E-state index contributed by atoms with van der Waals surface area (Å²) < 4.78 is 34.8. The maximum absolute atomic E-state index is 13.1. The van der Waals surface area contributed by atoms with Crippen molar-refractivity contribution < 1.29 is 17.9 Å². The van der Waals surface area contributed by atoms with Crippen LogP contribution in [-0.4, -0.2) is 14.3 Å². The summed E-state index contributed by atoms with van der Waals surface area (Å²) in [6.45, 7) is 1.97. The Kier molecular flexibility index (Phi) is 6.72. The lowest BCUT2D eigenvalue weighted by Crippen LogP contribution is -2.23. The lowest BCUT2D eigenvalue weighted by Gasteiger charge is -2.13. The van der Waals surface area contributed by atoms with Gasteiger partial charge in [0.25, 0.3) is 0 Å². The molecule has 0 unspecified atom stereocenters. The zero-order valence-electron chi connectivity index (χ0n) is 18.1. The molecule has 0 atom stereocenters. The van der Waals surface area contributed by atoms with E-state index in [0.29, 0.717) is 28.8 Å². The van der Waals surface area contributed by atoms with E-state index in [1.165, 1.54) is 6.92 Å². The number of carbonyl (C=O) groups is 1. The number of amides is 1. The summed E-state index contributed by atoms with van der Waals surface area (Å²) in [4.78, 5) is 11.7. The molecule has 6 nitrogen and oxygen atoms in total. The van der Waals surface area contributed by atoms with Crippen LogP contribution < -0.4 is 14.8 Å². The second-order valence-corrected chi connectivity index (χ2v) is 9.32. The minimum absolute atomic E-state index is 0.118. The maximum atomic E-state index is 13.1. The van der Waals surface area contributed by atoms with E-state index in [1.54, 1.807) is 36.4 Å². The second-order valence-electron chi connectivity index (χ2n) is 7.58. The summed E-state index contributed by atoms with van der Waals surface area (Å²) in [5, 5.41) is 3.94. The molecule has 0 radical (unpaired) electrons. The lowest BCUT2D eigenvalue weighted by molar-refractivity contribution is -0.114. The van der Waals surface area contributed by atoms with Crippen LogP contribution in [0.5, 0.6) is 5.75 Å². The summed E-state index contributed by atoms with van der Waals surface area (Å²) in [6, 6.07) is 27.4. The number of hydrogen-bond acceptors (Lipinski definition) is 4. The number of hydrogen-bond donors (Lipinski definition) is 2. The molecule has 0 saturated carbocycles. The van der Waals surface area contributed by atoms with E-state index in [2.05, 4.69) is 10.0 Å². The van der Waals surface area contributed by atoms with Gasteiger partial charge in [0.15, 0.2) is 0 Å². The van der Waals surface area contributed by atoms with Crippen molar-refractivity contribution in [2.75, 3.05) is 5.32 Å². The van der Waals surface area contributed by atoms with Crippen LogP contribution >= 0.6 is 0 Å². The molecule has 0 aliphatic heterocycles. The van der Waals surface area contributed by atoms with Crippen molar-refractivity contribution >= 4 is 32.4 Å². The molecule has 168 valence electrons. The highest BCUT2D eigenvalue weighted by atomic mass is 32.2. The average Bonchev–Trinajstić information content (AvgIpc) is 2.82. The van der Waals surface area contributed by atoms with Crippen molar-refractivity contribution in [1.29, 1.82) is 0 Å². The monoisotopic (exact) mass is 460 g/mol. The molecule has 4 aromatic carbocycles. The summed E-state index contributed by atoms with van der Waals surface area (Å²) >= 11 is 0. The first-order valence-electron chi connectivity index (χ1n) is 10.5. The fourth-order valence-corrected chi connectivity index (χ4v) is 4.79. The Bertz CT molecular complexity index is 1390. The van der Waals surface area contributed by atoms with E-state index in [4.69, 9.17) is 4.74 Å². The second kappa shape index (κ2) is 9.85. The van der Waals surface area contributed by atoms with Crippen LogP contribution in [0.15, 0.2) is 95.9 Å². The van der Waals surface area contributed by atoms with E-state index < -0.39 is 10.0 Å². The van der Waals surface area contributed by atoms with Gasteiger partial charge >= 0.3 is 0 Å². The van der Waals surface area contributed by atoms with Crippen molar-refractivity contribution in [3.63, 3.8) is 0 Å². The van der Waals surface area contributed by atoms with Crippen molar-refractivity contribution in [3.8, 4) is 5.75 Å². The van der Waals surface area contributed by atoms with Crippen molar-refractivity contribution in [1.82, 2.24) is 4.72 Å². The minimum atomic E-state index is -3.80. The number of rotatable bonds is 8. The molecule has 0 aliphatic carbocycles. The summed E-state index contributed by atoms with van der Waals surface area (Å²) in [5.74, 6) is 0.448. The van der Waals surface area contributed by atoms with Crippen LogP contribution in [0.1, 0.15) is 18.1 Å². The maximum Gasteiger partial charge on any atom is 0.241 e. The smallest absolute Gasteiger partial charge is 0.241 e. The van der Waals surface area contributed by atoms with E-state index in [1.807, 2.05) is 54.6 Å². The number of ether oxygens (including phenoxy) is 1. The Morgan fingerprint density at radius 1 is 0.818 bits per heavy atom. The highest BCUT2D eigenvalue weighted by Gasteiger charge is 2.18. The molecule has 1 amide bonds. The Hall–Kier alpha value is -3.68. The van der Waals surface area contributed by atoms with Gasteiger partial charge in [-0.1, -0.05) is 66.7 Å². The number of fused-ring (bicyclic) bond motifs is 1. The van der Waals surface area contributed by atoms with E-state index in [0.717, 1.165) is 11.1 Å². The Morgan fingerprint density at radius 2 is 1.52 bits per heavy atom. The Labute approximate surface area is 193 Å². The van der Waals surface area contributed by atoms with Crippen LogP contribution in [0.4, 0.5) is 5.69 Å². The SMILES string of the molecule is CC(=O)Nc1cccc2c(S(=O)(=O)NCc3cccc(OCc4ccccc4)c3)cccc12.